The third-order valence-electron chi connectivity index (χ3n) is 2.16. The Labute approximate surface area is 117 Å². The molecule has 0 radical (unpaired) electrons. The largest absolute Gasteiger partial charge is 0.471 e. The molecular weight excluding hydrogens is 358 g/mol. The van der Waals surface area contributed by atoms with Gasteiger partial charge in [0.15, 0.2) is 5.78 Å². The summed E-state index contributed by atoms with van der Waals surface area (Å²) in [5, 5.41) is 0. The van der Waals surface area contributed by atoms with E-state index in [4.69, 9.17) is 0 Å². The fraction of sp³-hybridized carbons (Fsp3) is 0.364. The van der Waals surface area contributed by atoms with Gasteiger partial charge in [0.25, 0.3) is 6.10 Å². The molecule has 0 fully saturated rings. The Morgan fingerprint density at radius 3 is 2.05 bits per heavy atom. The predicted octanol–water partition coefficient (Wildman–Crippen LogP) is 4.52. The Balaban J connectivity index is 3.22. The van der Waals surface area contributed by atoms with E-state index in [0.717, 1.165) is 19.1 Å². The normalized spacial score (nSPS) is 12.7. The summed E-state index contributed by atoms with van der Waals surface area (Å²) in [6, 6.07) is 3.12. The molecule has 0 unspecified atom stereocenters. The Morgan fingerprint density at radius 2 is 1.65 bits per heavy atom. The number of carbonyl (C=O) groups is 1. The molecule has 2 nitrogen and oxygen atoms in total. The molecule has 0 heterocycles. The van der Waals surface area contributed by atoms with E-state index in [9.17, 15) is 31.1 Å². The maximum Gasteiger partial charge on any atom is 0.434 e. The van der Waals surface area contributed by atoms with Crippen LogP contribution in [0.2, 0.25) is 0 Å². The van der Waals surface area contributed by atoms with Gasteiger partial charge in [0.05, 0.1) is 5.56 Å². The van der Waals surface area contributed by atoms with Crippen LogP contribution in [-0.4, -0.2) is 24.2 Å². The van der Waals surface area contributed by atoms with Crippen LogP contribution in [0.5, 0.6) is 5.75 Å². The van der Waals surface area contributed by atoms with Crippen LogP contribution in [0.25, 0.3) is 0 Å². The van der Waals surface area contributed by atoms with Crippen LogP contribution in [-0.2, 0) is 0 Å². The maximum absolute atomic E-state index is 12.4. The summed E-state index contributed by atoms with van der Waals surface area (Å²) < 4.78 is 78.6. The second kappa shape index (κ2) is 5.63. The van der Waals surface area contributed by atoms with Crippen molar-refractivity contribution >= 4 is 21.7 Å². The van der Waals surface area contributed by atoms with E-state index in [0.29, 0.717) is 4.47 Å². The van der Waals surface area contributed by atoms with Crippen LogP contribution in [0.3, 0.4) is 0 Å². The summed E-state index contributed by atoms with van der Waals surface area (Å²) in [5.74, 6) is -1.50. The SMILES string of the molecule is CC(=O)c1cc(Br)ccc1OC(C(F)(F)F)C(F)(F)F. The number of rotatable bonds is 3. The van der Waals surface area contributed by atoms with Gasteiger partial charge in [-0.2, -0.15) is 26.3 Å². The van der Waals surface area contributed by atoms with E-state index >= 15 is 0 Å². The standard InChI is InChI=1S/C11H7BrF6O2/c1-5(19)7-4-6(12)2-3-8(7)20-9(10(13,14)15)11(16,17)18/h2-4,9H,1H3. The average Bonchev–Trinajstić information content (AvgIpc) is 2.23. The predicted molar refractivity (Wildman–Crippen MR) is 60.7 cm³/mol. The first-order valence-electron chi connectivity index (χ1n) is 5.03. The van der Waals surface area contributed by atoms with Gasteiger partial charge in [0, 0.05) is 4.47 Å². The molecule has 20 heavy (non-hydrogen) atoms. The van der Waals surface area contributed by atoms with Gasteiger partial charge in [0.2, 0.25) is 0 Å². The molecular formula is C11H7BrF6O2. The lowest BCUT2D eigenvalue weighted by molar-refractivity contribution is -0.299. The van der Waals surface area contributed by atoms with Crippen molar-refractivity contribution in [1.82, 2.24) is 0 Å². The van der Waals surface area contributed by atoms with Gasteiger partial charge < -0.3 is 4.74 Å². The van der Waals surface area contributed by atoms with Gasteiger partial charge in [-0.15, -0.1) is 0 Å². The second-order valence-electron chi connectivity index (χ2n) is 3.78. The van der Waals surface area contributed by atoms with E-state index < -0.39 is 30.0 Å². The van der Waals surface area contributed by atoms with Gasteiger partial charge in [0.1, 0.15) is 5.75 Å². The van der Waals surface area contributed by atoms with Crippen molar-refractivity contribution in [2.24, 2.45) is 0 Å². The fourth-order valence-electron chi connectivity index (χ4n) is 1.33. The highest BCUT2D eigenvalue weighted by Gasteiger charge is 2.59. The Kier molecular flexibility index (Phi) is 4.73. The number of hydrogen-bond acceptors (Lipinski definition) is 2. The molecule has 0 N–H and O–H groups in total. The number of alkyl halides is 6. The van der Waals surface area contributed by atoms with Crippen molar-refractivity contribution in [3.63, 3.8) is 0 Å². The number of ether oxygens (including phenoxy) is 1. The van der Waals surface area contributed by atoms with Crippen LogP contribution < -0.4 is 4.74 Å². The van der Waals surface area contributed by atoms with E-state index in [-0.39, 0.29) is 5.56 Å². The van der Waals surface area contributed by atoms with E-state index in [2.05, 4.69) is 20.7 Å². The van der Waals surface area contributed by atoms with Crippen molar-refractivity contribution in [2.45, 2.75) is 25.4 Å². The third kappa shape index (κ3) is 4.12. The molecule has 0 aliphatic carbocycles. The Morgan fingerprint density at radius 1 is 1.15 bits per heavy atom. The lowest BCUT2D eigenvalue weighted by Gasteiger charge is -2.24. The molecule has 0 saturated carbocycles. The monoisotopic (exact) mass is 364 g/mol. The van der Waals surface area contributed by atoms with Crippen LogP contribution in [0, 0.1) is 0 Å². The molecule has 9 heteroatoms. The molecule has 0 amide bonds. The molecule has 1 rings (SSSR count). The summed E-state index contributed by atoms with van der Waals surface area (Å²) >= 11 is 2.96. The highest BCUT2D eigenvalue weighted by molar-refractivity contribution is 9.10. The Hall–Kier alpha value is -1.25. The Bertz CT molecular complexity index is 495. The van der Waals surface area contributed by atoms with Crippen LogP contribution in [0.15, 0.2) is 22.7 Å². The van der Waals surface area contributed by atoms with Crippen molar-refractivity contribution in [1.29, 1.82) is 0 Å². The first kappa shape index (κ1) is 16.8. The van der Waals surface area contributed by atoms with Gasteiger partial charge in [-0.05, 0) is 25.1 Å². The molecule has 1 aromatic rings. The minimum atomic E-state index is -5.64. The lowest BCUT2D eigenvalue weighted by atomic mass is 10.1. The number of carbonyl (C=O) groups excluding carboxylic acids is 1. The molecule has 0 aliphatic heterocycles. The average molecular weight is 365 g/mol. The molecule has 1 aromatic carbocycles. The smallest absolute Gasteiger partial charge is 0.434 e. The number of hydrogen-bond donors (Lipinski definition) is 0. The van der Waals surface area contributed by atoms with Crippen LogP contribution in [0.1, 0.15) is 17.3 Å². The highest BCUT2D eigenvalue weighted by atomic mass is 79.9. The highest BCUT2D eigenvalue weighted by Crippen LogP contribution is 2.37. The first-order valence-corrected chi connectivity index (χ1v) is 5.83. The van der Waals surface area contributed by atoms with Crippen molar-refractivity contribution in [3.8, 4) is 5.75 Å². The molecule has 0 aliphatic rings. The molecule has 112 valence electrons. The quantitative estimate of drug-likeness (QED) is 0.582. The zero-order valence-corrected chi connectivity index (χ0v) is 11.4. The summed E-state index contributed by atoms with van der Waals surface area (Å²) in [6.07, 6.45) is -15.3. The summed E-state index contributed by atoms with van der Waals surface area (Å²) in [7, 11) is 0. The molecule has 0 bridgehead atoms. The van der Waals surface area contributed by atoms with E-state index in [1.807, 2.05) is 0 Å². The first-order chi connectivity index (χ1) is 8.93. The second-order valence-corrected chi connectivity index (χ2v) is 4.69. The summed E-state index contributed by atoms with van der Waals surface area (Å²) in [4.78, 5) is 11.2. The lowest BCUT2D eigenvalue weighted by Crippen LogP contribution is -2.46. The number of Topliss-reactive ketones (excluding diaryl/α,β-unsaturated/α-hetero) is 1. The summed E-state index contributed by atoms with van der Waals surface area (Å²) in [5.41, 5.74) is -0.377. The molecule has 0 aromatic heterocycles. The molecule has 0 saturated heterocycles. The van der Waals surface area contributed by atoms with Crippen molar-refractivity contribution in [2.75, 3.05) is 0 Å². The van der Waals surface area contributed by atoms with Gasteiger partial charge in [-0.3, -0.25) is 4.79 Å². The summed E-state index contributed by atoms with van der Waals surface area (Å²) in [6.45, 7) is 1.00. The van der Waals surface area contributed by atoms with Crippen LogP contribution in [0.4, 0.5) is 26.3 Å². The molecule has 0 atom stereocenters. The number of benzene rings is 1. The van der Waals surface area contributed by atoms with Gasteiger partial charge in [-0.25, -0.2) is 0 Å². The minimum Gasteiger partial charge on any atom is -0.471 e. The number of halogens is 7. The maximum atomic E-state index is 12.4. The zero-order valence-electron chi connectivity index (χ0n) is 9.77. The van der Waals surface area contributed by atoms with E-state index in [1.165, 1.54) is 6.07 Å². The van der Waals surface area contributed by atoms with Gasteiger partial charge in [-0.1, -0.05) is 15.9 Å². The zero-order chi connectivity index (χ0) is 15.7. The van der Waals surface area contributed by atoms with Crippen molar-refractivity contribution < 1.29 is 35.9 Å². The van der Waals surface area contributed by atoms with E-state index in [1.54, 1.807) is 0 Å². The molecule has 0 spiro atoms. The fourth-order valence-corrected chi connectivity index (χ4v) is 1.69. The third-order valence-corrected chi connectivity index (χ3v) is 2.65. The van der Waals surface area contributed by atoms with Crippen LogP contribution >= 0.6 is 15.9 Å². The van der Waals surface area contributed by atoms with Crippen molar-refractivity contribution in [3.05, 3.63) is 28.2 Å². The topological polar surface area (TPSA) is 26.3 Å². The van der Waals surface area contributed by atoms with Gasteiger partial charge >= 0.3 is 12.4 Å². The number of ketones is 1. The minimum absolute atomic E-state index is 0.325.